The number of esters is 1. The fourth-order valence-corrected chi connectivity index (χ4v) is 3.15. The third kappa shape index (κ3) is 9.39. The van der Waals surface area contributed by atoms with Gasteiger partial charge in [-0.2, -0.15) is 0 Å². The van der Waals surface area contributed by atoms with Crippen molar-refractivity contribution in [3.8, 4) is 23.0 Å². The molecule has 0 aliphatic carbocycles. The molecule has 6 heteroatoms. The van der Waals surface area contributed by atoms with Crippen molar-refractivity contribution >= 4 is 24.2 Å². The lowest BCUT2D eigenvalue weighted by atomic mass is 10.0. The minimum absolute atomic E-state index is 0.126. The van der Waals surface area contributed by atoms with E-state index in [1.54, 1.807) is 36.4 Å². The Hall–Kier alpha value is -4.71. The first kappa shape index (κ1) is 29.5. The lowest BCUT2D eigenvalue weighted by Crippen LogP contribution is -2.03. The molecule has 0 radical (unpaired) electrons. The van der Waals surface area contributed by atoms with Crippen LogP contribution < -0.4 is 18.9 Å². The van der Waals surface area contributed by atoms with Crippen LogP contribution in [-0.4, -0.2) is 39.0 Å². The lowest BCUT2D eigenvalue weighted by Gasteiger charge is -2.16. The Morgan fingerprint density at radius 3 is 1.87 bits per heavy atom. The van der Waals surface area contributed by atoms with E-state index in [1.165, 1.54) is 12.2 Å². The van der Waals surface area contributed by atoms with E-state index >= 15 is 0 Å². The summed E-state index contributed by atoms with van der Waals surface area (Å²) in [5, 5.41) is 0. The zero-order valence-corrected chi connectivity index (χ0v) is 21.6. The monoisotopic (exact) mass is 514 g/mol. The molecule has 0 bridgehead atoms. The molecule has 0 N–H and O–H groups in total. The number of carbonyl (C=O) groups excluding carboxylic acids is 1. The van der Waals surface area contributed by atoms with Gasteiger partial charge in [-0.25, -0.2) is 4.79 Å². The lowest BCUT2D eigenvalue weighted by molar-refractivity contribution is -0.136. The molecule has 0 fully saturated rings. The highest BCUT2D eigenvalue weighted by Crippen LogP contribution is 2.37. The van der Waals surface area contributed by atoms with Gasteiger partial charge < -0.3 is 23.7 Å². The average Bonchev–Trinajstić information content (AvgIpc) is 2.94. The van der Waals surface area contributed by atoms with Gasteiger partial charge in [0.15, 0.2) is 23.0 Å². The number of rotatable bonds is 18. The van der Waals surface area contributed by atoms with Crippen LogP contribution in [-0.2, 0) is 9.53 Å². The average molecular weight is 515 g/mol. The van der Waals surface area contributed by atoms with E-state index in [0.29, 0.717) is 48.4 Å². The maximum absolute atomic E-state index is 12.1. The molecule has 0 atom stereocenters. The highest BCUT2D eigenvalue weighted by molar-refractivity contribution is 5.89. The largest absolute Gasteiger partial charge is 0.486 e. The standard InChI is InChI=1S/C32H34O6/c1-6-19-34-28-16-12-25(24-30(28)36-21-8-3)11-15-27-26(14-18-31(33)37-22-9-4)13-17-29(35-20-7-2)32(27)38-23-10-5/h6-18,24H,1-5,19-23H2/b15-11+,18-14+. The van der Waals surface area contributed by atoms with Gasteiger partial charge in [0.25, 0.3) is 0 Å². The van der Waals surface area contributed by atoms with Crippen molar-refractivity contribution < 1.29 is 28.5 Å². The minimum Gasteiger partial charge on any atom is -0.486 e. The summed E-state index contributed by atoms with van der Waals surface area (Å²) in [6, 6.07) is 9.21. The normalized spacial score (nSPS) is 10.5. The first-order valence-electron chi connectivity index (χ1n) is 12.0. The predicted octanol–water partition coefficient (Wildman–Crippen LogP) is 6.86. The van der Waals surface area contributed by atoms with Crippen molar-refractivity contribution in [2.75, 3.05) is 33.0 Å². The minimum atomic E-state index is -0.487. The number of hydrogen-bond donors (Lipinski definition) is 0. The first-order chi connectivity index (χ1) is 18.6. The van der Waals surface area contributed by atoms with Gasteiger partial charge in [-0.05, 0) is 41.5 Å². The molecule has 0 saturated heterocycles. The van der Waals surface area contributed by atoms with Gasteiger partial charge in [0.1, 0.15) is 33.0 Å². The van der Waals surface area contributed by atoms with Crippen LogP contribution in [0.2, 0.25) is 0 Å². The van der Waals surface area contributed by atoms with Crippen molar-refractivity contribution in [3.63, 3.8) is 0 Å². The Morgan fingerprint density at radius 2 is 1.21 bits per heavy atom. The number of hydrogen-bond acceptors (Lipinski definition) is 6. The molecular formula is C32H34O6. The summed E-state index contributed by atoms with van der Waals surface area (Å²) in [6.45, 7) is 19.8. The molecule has 2 aromatic rings. The summed E-state index contributed by atoms with van der Waals surface area (Å²) in [6.07, 6.45) is 14.9. The second-order valence-corrected chi connectivity index (χ2v) is 7.59. The Morgan fingerprint density at radius 1 is 0.632 bits per heavy atom. The maximum Gasteiger partial charge on any atom is 0.331 e. The van der Waals surface area contributed by atoms with E-state index in [-0.39, 0.29) is 13.2 Å². The summed E-state index contributed by atoms with van der Waals surface area (Å²) >= 11 is 0. The molecule has 0 heterocycles. The third-order valence-corrected chi connectivity index (χ3v) is 4.76. The summed E-state index contributed by atoms with van der Waals surface area (Å²) < 4.78 is 28.4. The molecule has 0 saturated carbocycles. The molecule has 2 aromatic carbocycles. The van der Waals surface area contributed by atoms with Gasteiger partial charge in [-0.3, -0.25) is 0 Å². The molecule has 198 valence electrons. The fraction of sp³-hybridized carbons (Fsp3) is 0.156. The highest BCUT2D eigenvalue weighted by atomic mass is 16.5. The Bertz CT molecular complexity index is 1190. The molecule has 38 heavy (non-hydrogen) atoms. The van der Waals surface area contributed by atoms with Crippen LogP contribution in [0, 0.1) is 0 Å². The van der Waals surface area contributed by atoms with Gasteiger partial charge in [0.05, 0.1) is 0 Å². The van der Waals surface area contributed by atoms with E-state index in [0.717, 1.165) is 11.1 Å². The van der Waals surface area contributed by atoms with E-state index < -0.39 is 5.97 Å². The summed E-state index contributed by atoms with van der Waals surface area (Å²) in [4.78, 5) is 12.1. The van der Waals surface area contributed by atoms with E-state index in [4.69, 9.17) is 23.7 Å². The van der Waals surface area contributed by atoms with Gasteiger partial charge >= 0.3 is 5.97 Å². The summed E-state index contributed by atoms with van der Waals surface area (Å²) in [5.74, 6) is 1.71. The SMILES string of the molecule is C=CCOC(=O)/C=C/c1ccc(OCC=C)c(OCC=C)c1/C=C/c1ccc(OCC=C)c(OCC=C)c1. The topological polar surface area (TPSA) is 63.2 Å². The van der Waals surface area contributed by atoms with E-state index in [1.807, 2.05) is 36.4 Å². The third-order valence-electron chi connectivity index (χ3n) is 4.76. The van der Waals surface area contributed by atoms with Gasteiger partial charge in [-0.1, -0.05) is 81.5 Å². The Kier molecular flexibility index (Phi) is 13.1. The molecule has 0 unspecified atom stereocenters. The van der Waals surface area contributed by atoms with Crippen LogP contribution in [0.4, 0.5) is 0 Å². The number of benzene rings is 2. The van der Waals surface area contributed by atoms with Crippen molar-refractivity contribution in [2.45, 2.75) is 0 Å². The van der Waals surface area contributed by atoms with Gasteiger partial charge in [0, 0.05) is 11.6 Å². The van der Waals surface area contributed by atoms with Gasteiger partial charge in [-0.15, -0.1) is 0 Å². The van der Waals surface area contributed by atoms with E-state index in [9.17, 15) is 4.79 Å². The van der Waals surface area contributed by atoms with Crippen LogP contribution in [0.3, 0.4) is 0 Å². The second kappa shape index (κ2) is 16.9. The quantitative estimate of drug-likeness (QED) is 0.0937. The molecule has 0 aliphatic heterocycles. The van der Waals surface area contributed by atoms with Crippen LogP contribution in [0.25, 0.3) is 18.2 Å². The molecule has 0 spiro atoms. The molecule has 2 rings (SSSR count). The Labute approximate surface area is 225 Å². The van der Waals surface area contributed by atoms with Crippen LogP contribution in [0.5, 0.6) is 23.0 Å². The van der Waals surface area contributed by atoms with E-state index in [2.05, 4.69) is 32.9 Å². The molecule has 0 amide bonds. The highest BCUT2D eigenvalue weighted by Gasteiger charge is 2.14. The zero-order chi connectivity index (χ0) is 27.6. The maximum atomic E-state index is 12.1. The van der Waals surface area contributed by atoms with Crippen molar-refractivity contribution in [1.82, 2.24) is 0 Å². The van der Waals surface area contributed by atoms with Gasteiger partial charge in [0.2, 0.25) is 0 Å². The van der Waals surface area contributed by atoms with Crippen molar-refractivity contribution in [1.29, 1.82) is 0 Å². The second-order valence-electron chi connectivity index (χ2n) is 7.59. The summed E-state index contributed by atoms with van der Waals surface area (Å²) in [7, 11) is 0. The van der Waals surface area contributed by atoms with Crippen LogP contribution in [0.1, 0.15) is 16.7 Å². The van der Waals surface area contributed by atoms with Crippen molar-refractivity contribution in [3.05, 3.63) is 116 Å². The van der Waals surface area contributed by atoms with Crippen LogP contribution >= 0.6 is 0 Å². The van der Waals surface area contributed by atoms with Crippen molar-refractivity contribution in [2.24, 2.45) is 0 Å². The zero-order valence-electron chi connectivity index (χ0n) is 21.6. The fourth-order valence-electron chi connectivity index (χ4n) is 3.15. The van der Waals surface area contributed by atoms with Crippen LogP contribution in [0.15, 0.2) is 99.7 Å². The molecule has 0 aromatic heterocycles. The smallest absolute Gasteiger partial charge is 0.331 e. The first-order valence-corrected chi connectivity index (χ1v) is 12.0. The molecule has 0 aliphatic rings. The summed E-state index contributed by atoms with van der Waals surface area (Å²) in [5.41, 5.74) is 2.26. The number of ether oxygens (including phenoxy) is 5. The molecular weight excluding hydrogens is 480 g/mol. The number of carbonyl (C=O) groups is 1. The predicted molar refractivity (Wildman–Crippen MR) is 155 cm³/mol. The Balaban J connectivity index is 2.56. The molecule has 6 nitrogen and oxygen atoms in total.